The van der Waals surface area contributed by atoms with Gasteiger partial charge in [-0.15, -0.1) is 0 Å². The van der Waals surface area contributed by atoms with Crippen LogP contribution in [0.15, 0.2) is 24.3 Å². The second-order valence-electron chi connectivity index (χ2n) is 5.47. The number of hydrogen-bond donors (Lipinski definition) is 2. The van der Waals surface area contributed by atoms with Crippen molar-refractivity contribution in [3.05, 3.63) is 35.4 Å². The van der Waals surface area contributed by atoms with Crippen molar-refractivity contribution in [1.29, 1.82) is 0 Å². The zero-order valence-corrected chi connectivity index (χ0v) is 11.4. The van der Waals surface area contributed by atoms with Crippen LogP contribution in [0, 0.1) is 5.41 Å². The lowest BCUT2D eigenvalue weighted by Crippen LogP contribution is -2.28. The van der Waals surface area contributed by atoms with E-state index < -0.39 is 0 Å². The summed E-state index contributed by atoms with van der Waals surface area (Å²) in [5.74, 6) is 0. The third-order valence-corrected chi connectivity index (χ3v) is 3.29. The summed E-state index contributed by atoms with van der Waals surface area (Å²) in [5, 5.41) is 3.47. The lowest BCUT2D eigenvalue weighted by Gasteiger charge is -2.22. The predicted molar refractivity (Wildman–Crippen MR) is 75.0 cm³/mol. The molecule has 1 aromatic rings. The van der Waals surface area contributed by atoms with Crippen molar-refractivity contribution in [2.75, 3.05) is 13.1 Å². The minimum absolute atomic E-state index is 0.249. The van der Waals surface area contributed by atoms with E-state index in [1.807, 2.05) is 0 Å². The van der Waals surface area contributed by atoms with Crippen LogP contribution in [0.1, 0.15) is 38.3 Å². The minimum Gasteiger partial charge on any atom is -0.330 e. The van der Waals surface area contributed by atoms with Gasteiger partial charge in [0.2, 0.25) is 0 Å². The second-order valence-corrected chi connectivity index (χ2v) is 5.47. The number of benzene rings is 1. The van der Waals surface area contributed by atoms with Crippen molar-refractivity contribution in [3.8, 4) is 0 Å². The molecule has 1 aromatic carbocycles. The van der Waals surface area contributed by atoms with Gasteiger partial charge in [-0.25, -0.2) is 0 Å². The maximum atomic E-state index is 5.70. The molecule has 0 aliphatic heterocycles. The normalized spacial score (nSPS) is 11.8. The fourth-order valence-corrected chi connectivity index (χ4v) is 1.65. The molecule has 1 rings (SSSR count). The molecule has 3 N–H and O–H groups in total. The van der Waals surface area contributed by atoms with Gasteiger partial charge < -0.3 is 11.1 Å². The van der Waals surface area contributed by atoms with Crippen LogP contribution < -0.4 is 11.1 Å². The van der Waals surface area contributed by atoms with E-state index in [0.29, 0.717) is 0 Å². The van der Waals surface area contributed by atoms with Gasteiger partial charge in [0.1, 0.15) is 0 Å². The first-order valence-electron chi connectivity index (χ1n) is 6.56. The largest absolute Gasteiger partial charge is 0.330 e. The highest BCUT2D eigenvalue weighted by molar-refractivity contribution is 5.22. The van der Waals surface area contributed by atoms with Gasteiger partial charge in [-0.2, -0.15) is 0 Å². The van der Waals surface area contributed by atoms with E-state index in [2.05, 4.69) is 50.4 Å². The zero-order chi connectivity index (χ0) is 12.7. The Hall–Kier alpha value is -0.860. The highest BCUT2D eigenvalue weighted by atomic mass is 14.8. The van der Waals surface area contributed by atoms with E-state index in [-0.39, 0.29) is 5.41 Å². The number of hydrogen-bond acceptors (Lipinski definition) is 2. The van der Waals surface area contributed by atoms with Gasteiger partial charge in [-0.05, 0) is 42.5 Å². The number of nitrogens with one attached hydrogen (secondary N) is 1. The highest BCUT2D eigenvalue weighted by Gasteiger charge is 2.14. The fraction of sp³-hybridized carbons (Fsp3) is 0.600. The van der Waals surface area contributed by atoms with Gasteiger partial charge >= 0.3 is 0 Å². The molecule has 0 bridgehead atoms. The van der Waals surface area contributed by atoms with Gasteiger partial charge in [0.25, 0.3) is 0 Å². The molecule has 0 atom stereocenters. The molecule has 0 heterocycles. The summed E-state index contributed by atoms with van der Waals surface area (Å²) in [7, 11) is 0. The van der Waals surface area contributed by atoms with Crippen LogP contribution in [-0.4, -0.2) is 13.1 Å². The van der Waals surface area contributed by atoms with E-state index in [0.717, 1.165) is 32.5 Å². The zero-order valence-electron chi connectivity index (χ0n) is 11.4. The average Bonchev–Trinajstić information content (AvgIpc) is 2.35. The highest BCUT2D eigenvalue weighted by Crippen LogP contribution is 2.16. The Bertz CT molecular complexity index is 314. The number of aryl methyl sites for hydroxylation is 1. The van der Waals surface area contributed by atoms with E-state index >= 15 is 0 Å². The van der Waals surface area contributed by atoms with Crippen LogP contribution in [0.25, 0.3) is 0 Å². The standard InChI is InChI=1S/C15H26N2/c1-4-13-5-7-14(8-6-13)11-17-10-9-15(2,3)12-16/h5-8,17H,4,9-12,16H2,1-3H3. The molecule has 96 valence electrons. The summed E-state index contributed by atoms with van der Waals surface area (Å²) in [5.41, 5.74) is 8.71. The Morgan fingerprint density at radius 2 is 1.71 bits per heavy atom. The first kappa shape index (κ1) is 14.2. The topological polar surface area (TPSA) is 38.0 Å². The summed E-state index contributed by atoms with van der Waals surface area (Å²) in [6, 6.07) is 8.83. The van der Waals surface area contributed by atoms with Crippen molar-refractivity contribution < 1.29 is 0 Å². The first-order chi connectivity index (χ1) is 8.07. The summed E-state index contributed by atoms with van der Waals surface area (Å²) in [6.07, 6.45) is 2.23. The molecule has 17 heavy (non-hydrogen) atoms. The summed E-state index contributed by atoms with van der Waals surface area (Å²) < 4.78 is 0. The maximum Gasteiger partial charge on any atom is 0.0205 e. The van der Waals surface area contributed by atoms with E-state index in [9.17, 15) is 0 Å². The smallest absolute Gasteiger partial charge is 0.0205 e. The maximum absolute atomic E-state index is 5.70. The van der Waals surface area contributed by atoms with Crippen molar-refractivity contribution in [3.63, 3.8) is 0 Å². The molecule has 0 saturated carbocycles. The summed E-state index contributed by atoms with van der Waals surface area (Å²) >= 11 is 0. The van der Waals surface area contributed by atoms with Gasteiger partial charge in [-0.1, -0.05) is 45.0 Å². The minimum atomic E-state index is 0.249. The summed E-state index contributed by atoms with van der Waals surface area (Å²) in [6.45, 7) is 9.34. The van der Waals surface area contributed by atoms with E-state index in [4.69, 9.17) is 5.73 Å². The van der Waals surface area contributed by atoms with Crippen LogP contribution in [0.2, 0.25) is 0 Å². The van der Waals surface area contributed by atoms with Gasteiger partial charge in [-0.3, -0.25) is 0 Å². The van der Waals surface area contributed by atoms with Crippen LogP contribution >= 0.6 is 0 Å². The third-order valence-electron chi connectivity index (χ3n) is 3.29. The average molecular weight is 234 g/mol. The second kappa shape index (κ2) is 6.77. The molecule has 0 unspecified atom stereocenters. The Balaban J connectivity index is 2.26. The van der Waals surface area contributed by atoms with E-state index in [1.165, 1.54) is 11.1 Å². The molecule has 0 aromatic heterocycles. The lowest BCUT2D eigenvalue weighted by molar-refractivity contribution is 0.339. The van der Waals surface area contributed by atoms with Crippen molar-refractivity contribution in [1.82, 2.24) is 5.32 Å². The molecule has 0 spiro atoms. The quantitative estimate of drug-likeness (QED) is 0.712. The SMILES string of the molecule is CCc1ccc(CNCCC(C)(C)CN)cc1. The van der Waals surface area contributed by atoms with Crippen molar-refractivity contribution in [2.45, 2.75) is 40.2 Å². The molecule has 0 radical (unpaired) electrons. The van der Waals surface area contributed by atoms with Crippen LogP contribution in [0.3, 0.4) is 0 Å². The van der Waals surface area contributed by atoms with Crippen molar-refractivity contribution >= 4 is 0 Å². The molecule has 0 aliphatic rings. The Morgan fingerprint density at radius 3 is 2.24 bits per heavy atom. The van der Waals surface area contributed by atoms with Gasteiger partial charge in [0.05, 0.1) is 0 Å². The third kappa shape index (κ3) is 5.33. The Labute approximate surface area is 106 Å². The Morgan fingerprint density at radius 1 is 1.12 bits per heavy atom. The molecule has 0 saturated heterocycles. The van der Waals surface area contributed by atoms with Crippen LogP contribution in [0.4, 0.5) is 0 Å². The molecule has 2 nitrogen and oxygen atoms in total. The molecular formula is C15H26N2. The lowest BCUT2D eigenvalue weighted by atomic mass is 9.90. The predicted octanol–water partition coefficient (Wildman–Crippen LogP) is 2.71. The van der Waals surface area contributed by atoms with E-state index in [1.54, 1.807) is 0 Å². The van der Waals surface area contributed by atoms with Crippen LogP contribution in [0.5, 0.6) is 0 Å². The molecule has 0 fully saturated rings. The fourth-order valence-electron chi connectivity index (χ4n) is 1.65. The Kier molecular flexibility index (Phi) is 5.66. The monoisotopic (exact) mass is 234 g/mol. The van der Waals surface area contributed by atoms with Gasteiger partial charge in [0, 0.05) is 6.54 Å². The van der Waals surface area contributed by atoms with Gasteiger partial charge in [0.15, 0.2) is 0 Å². The molecule has 0 aliphatic carbocycles. The summed E-state index contributed by atoms with van der Waals surface area (Å²) in [4.78, 5) is 0. The van der Waals surface area contributed by atoms with Crippen molar-refractivity contribution in [2.24, 2.45) is 11.1 Å². The number of nitrogens with two attached hydrogens (primary N) is 1. The first-order valence-corrected chi connectivity index (χ1v) is 6.56. The molecule has 2 heteroatoms. The molecule has 0 amide bonds. The number of rotatable bonds is 7. The molecular weight excluding hydrogens is 208 g/mol. The van der Waals surface area contributed by atoms with Crippen LogP contribution in [-0.2, 0) is 13.0 Å².